The number of aromatic nitrogens is 2. The topological polar surface area (TPSA) is 46.9 Å². The number of carbonyl (C=O) groups excluding carboxylic acids is 1. The highest BCUT2D eigenvalue weighted by Crippen LogP contribution is 2.35. The van der Waals surface area contributed by atoms with Crippen LogP contribution in [0.4, 0.5) is 0 Å². The van der Waals surface area contributed by atoms with Gasteiger partial charge in [-0.2, -0.15) is 0 Å². The number of hydrogen-bond donors (Lipinski definition) is 1. The van der Waals surface area contributed by atoms with Crippen LogP contribution < -0.4 is 5.32 Å². The summed E-state index contributed by atoms with van der Waals surface area (Å²) in [5.41, 5.74) is 6.40. The van der Waals surface area contributed by atoms with Crippen LogP contribution in [0.1, 0.15) is 49.0 Å². The minimum Gasteiger partial charge on any atom is -0.351 e. The van der Waals surface area contributed by atoms with Gasteiger partial charge in [-0.1, -0.05) is 104 Å². The van der Waals surface area contributed by atoms with Crippen molar-refractivity contribution in [1.82, 2.24) is 14.9 Å². The third kappa shape index (κ3) is 6.46. The fourth-order valence-electron chi connectivity index (χ4n) is 4.33. The minimum atomic E-state index is -0.0236. The summed E-state index contributed by atoms with van der Waals surface area (Å²) in [6.45, 7) is 5.77. The molecule has 0 fully saturated rings. The second-order valence-electron chi connectivity index (χ2n) is 8.83. The first-order valence-electron chi connectivity index (χ1n) is 12.9. The zero-order chi connectivity index (χ0) is 25.2. The summed E-state index contributed by atoms with van der Waals surface area (Å²) >= 11 is 1.68. The first kappa shape index (κ1) is 25.8. The van der Waals surface area contributed by atoms with E-state index in [4.69, 9.17) is 4.98 Å². The predicted octanol–water partition coefficient (Wildman–Crippen LogP) is 7.49. The van der Waals surface area contributed by atoms with Crippen molar-refractivity contribution in [3.63, 3.8) is 0 Å². The number of hydrogen-bond acceptors (Lipinski definition) is 3. The molecule has 0 saturated carbocycles. The maximum absolute atomic E-state index is 12.6. The summed E-state index contributed by atoms with van der Waals surface area (Å²) in [6, 6.07) is 28.8. The molecule has 1 N–H and O–H groups in total. The van der Waals surface area contributed by atoms with Crippen molar-refractivity contribution in [2.45, 2.75) is 51.2 Å². The lowest BCUT2D eigenvalue weighted by Crippen LogP contribution is -2.25. The lowest BCUT2D eigenvalue weighted by molar-refractivity contribution is 0.0956. The molecule has 1 heterocycles. The van der Waals surface area contributed by atoms with E-state index in [1.54, 1.807) is 11.8 Å². The van der Waals surface area contributed by atoms with Crippen LogP contribution >= 0.6 is 11.8 Å². The molecule has 1 amide bonds. The Morgan fingerprint density at radius 1 is 0.861 bits per heavy atom. The summed E-state index contributed by atoms with van der Waals surface area (Å²) in [5.74, 6) is 0.727. The smallest absolute Gasteiger partial charge is 0.251 e. The Labute approximate surface area is 219 Å². The second-order valence-corrected chi connectivity index (χ2v) is 9.89. The van der Waals surface area contributed by atoms with Gasteiger partial charge in [0.15, 0.2) is 5.16 Å². The van der Waals surface area contributed by atoms with Gasteiger partial charge in [0.1, 0.15) is 0 Å². The number of carbonyl (C=O) groups is 1. The summed E-state index contributed by atoms with van der Waals surface area (Å²) in [7, 11) is 0. The number of imidazole rings is 1. The summed E-state index contributed by atoms with van der Waals surface area (Å²) in [5, 5.41) is 4.04. The molecule has 4 aromatic rings. The van der Waals surface area contributed by atoms with Gasteiger partial charge in [0.2, 0.25) is 0 Å². The predicted molar refractivity (Wildman–Crippen MR) is 152 cm³/mol. The van der Waals surface area contributed by atoms with E-state index in [2.05, 4.69) is 84.4 Å². The number of amides is 1. The number of rotatable bonds is 12. The van der Waals surface area contributed by atoms with Crippen molar-refractivity contribution in [3.8, 4) is 22.5 Å². The van der Waals surface area contributed by atoms with E-state index in [1.165, 1.54) is 24.8 Å². The highest BCUT2D eigenvalue weighted by Gasteiger charge is 2.19. The van der Waals surface area contributed by atoms with Crippen molar-refractivity contribution < 1.29 is 4.79 Å². The van der Waals surface area contributed by atoms with Crippen LogP contribution in [0.2, 0.25) is 0 Å². The zero-order valence-corrected chi connectivity index (χ0v) is 22.1. The van der Waals surface area contributed by atoms with Gasteiger partial charge in [-0.3, -0.25) is 4.79 Å². The van der Waals surface area contributed by atoms with E-state index in [1.807, 2.05) is 24.3 Å². The Morgan fingerprint density at radius 3 is 2.17 bits per heavy atom. The molecular weight excluding hydrogens is 462 g/mol. The van der Waals surface area contributed by atoms with E-state index in [0.717, 1.165) is 46.4 Å². The highest BCUT2D eigenvalue weighted by molar-refractivity contribution is 7.99. The van der Waals surface area contributed by atoms with Gasteiger partial charge in [-0.25, -0.2) is 4.98 Å². The van der Waals surface area contributed by atoms with Gasteiger partial charge in [0.25, 0.3) is 5.91 Å². The normalized spacial score (nSPS) is 10.9. The summed E-state index contributed by atoms with van der Waals surface area (Å²) in [6.07, 6.45) is 4.74. The highest BCUT2D eigenvalue weighted by atomic mass is 32.2. The van der Waals surface area contributed by atoms with Crippen LogP contribution in [0, 0.1) is 0 Å². The molecule has 0 aliphatic heterocycles. The van der Waals surface area contributed by atoms with E-state index >= 15 is 0 Å². The zero-order valence-electron chi connectivity index (χ0n) is 21.2. The Balaban J connectivity index is 1.42. The lowest BCUT2D eigenvalue weighted by Gasteiger charge is -2.11. The van der Waals surface area contributed by atoms with Crippen LogP contribution in [0.3, 0.4) is 0 Å². The molecule has 0 unspecified atom stereocenters. The van der Waals surface area contributed by atoms with Crippen molar-refractivity contribution in [2.75, 3.05) is 12.3 Å². The molecule has 0 aliphatic rings. The van der Waals surface area contributed by atoms with Crippen molar-refractivity contribution >= 4 is 17.7 Å². The average Bonchev–Trinajstić information content (AvgIpc) is 3.31. The van der Waals surface area contributed by atoms with Gasteiger partial charge in [-0.15, -0.1) is 0 Å². The lowest BCUT2D eigenvalue weighted by atomic mass is 10.0. The average molecular weight is 498 g/mol. The molecule has 0 aliphatic carbocycles. The first-order chi connectivity index (χ1) is 17.7. The number of thioether (sulfide) groups is 1. The third-order valence-electron chi connectivity index (χ3n) is 6.25. The third-order valence-corrected chi connectivity index (χ3v) is 7.23. The molecule has 0 radical (unpaired) electrons. The number of unbranched alkanes of at least 4 members (excludes halogenated alkanes) is 2. The van der Waals surface area contributed by atoms with Crippen LogP contribution in [0.25, 0.3) is 22.5 Å². The Kier molecular flexibility index (Phi) is 9.40. The Bertz CT molecular complexity index is 1230. The first-order valence-corrected chi connectivity index (χ1v) is 13.9. The number of benzene rings is 3. The second kappa shape index (κ2) is 13.1. The molecule has 0 atom stereocenters. The monoisotopic (exact) mass is 497 g/mol. The maximum Gasteiger partial charge on any atom is 0.251 e. The summed E-state index contributed by atoms with van der Waals surface area (Å²) in [4.78, 5) is 17.7. The fraction of sp³-hybridized carbons (Fsp3) is 0.290. The SMILES string of the molecule is CCCCCc1ccc(C(=O)NCCSc2nc(-c3ccccc3)c(-c3ccccc3)n2CC)cc1. The number of aryl methyl sites for hydroxylation is 1. The van der Waals surface area contributed by atoms with Crippen LogP contribution in [0.15, 0.2) is 90.1 Å². The van der Waals surface area contributed by atoms with Crippen molar-refractivity contribution in [2.24, 2.45) is 0 Å². The van der Waals surface area contributed by atoms with Gasteiger partial charge in [0, 0.05) is 35.5 Å². The minimum absolute atomic E-state index is 0.0236. The number of nitrogens with one attached hydrogen (secondary N) is 1. The van der Waals surface area contributed by atoms with Gasteiger partial charge < -0.3 is 9.88 Å². The van der Waals surface area contributed by atoms with Crippen molar-refractivity contribution in [3.05, 3.63) is 96.1 Å². The largest absolute Gasteiger partial charge is 0.351 e. The van der Waals surface area contributed by atoms with E-state index in [9.17, 15) is 4.79 Å². The van der Waals surface area contributed by atoms with Gasteiger partial charge in [-0.05, 0) is 37.5 Å². The molecular formula is C31H35N3OS. The molecule has 4 nitrogen and oxygen atoms in total. The standard InChI is InChI=1S/C31H35N3OS/c1-3-5-8-13-24-18-20-27(21-19-24)30(35)32-22-23-36-31-33-28(25-14-9-6-10-15-25)29(34(31)4-2)26-16-11-7-12-17-26/h6-7,9-12,14-21H,3-5,8,13,22-23H2,1-2H3,(H,32,35). The molecule has 36 heavy (non-hydrogen) atoms. The fourth-order valence-corrected chi connectivity index (χ4v) is 5.25. The van der Waals surface area contributed by atoms with E-state index in [-0.39, 0.29) is 5.91 Å². The molecule has 4 rings (SSSR count). The Morgan fingerprint density at radius 2 is 1.53 bits per heavy atom. The molecule has 3 aromatic carbocycles. The molecule has 1 aromatic heterocycles. The summed E-state index contributed by atoms with van der Waals surface area (Å²) < 4.78 is 2.28. The molecule has 5 heteroatoms. The van der Waals surface area contributed by atoms with Crippen LogP contribution in [-0.4, -0.2) is 27.8 Å². The van der Waals surface area contributed by atoms with E-state index in [0.29, 0.717) is 12.1 Å². The van der Waals surface area contributed by atoms with Gasteiger partial charge >= 0.3 is 0 Å². The molecule has 0 saturated heterocycles. The molecule has 0 spiro atoms. The molecule has 0 bridgehead atoms. The quantitative estimate of drug-likeness (QED) is 0.163. The molecule has 186 valence electrons. The van der Waals surface area contributed by atoms with Crippen LogP contribution in [0.5, 0.6) is 0 Å². The Hall–Kier alpha value is -3.31. The van der Waals surface area contributed by atoms with Gasteiger partial charge in [0.05, 0.1) is 11.4 Å². The van der Waals surface area contributed by atoms with E-state index < -0.39 is 0 Å². The maximum atomic E-state index is 12.6. The van der Waals surface area contributed by atoms with Crippen molar-refractivity contribution in [1.29, 1.82) is 0 Å². The number of nitrogens with zero attached hydrogens (tertiary/aromatic N) is 2. The van der Waals surface area contributed by atoms with Crippen LogP contribution in [-0.2, 0) is 13.0 Å².